The lowest BCUT2D eigenvalue weighted by molar-refractivity contribution is -0.156. The fourth-order valence-electron chi connectivity index (χ4n) is 2.43. The molecule has 1 rings (SSSR count). The monoisotopic (exact) mass is 222 g/mol. The summed E-state index contributed by atoms with van der Waals surface area (Å²) < 4.78 is 0. The van der Waals surface area contributed by atoms with Crippen molar-refractivity contribution in [3.8, 4) is 0 Å². The standard InChI is InChI=1S/C14H22O2/c1-6-13(4)8-7-11(10(2)3)9-14(13,5)12(15)16/h7-8,11H,2,6,9H2,1,3-5H3,(H,15,16)/t11?,13?,14-/m0/s1. The van der Waals surface area contributed by atoms with Crippen LogP contribution in [0.1, 0.15) is 40.5 Å². The smallest absolute Gasteiger partial charge is 0.310 e. The molecule has 2 unspecified atom stereocenters. The Morgan fingerprint density at radius 2 is 2.12 bits per heavy atom. The predicted octanol–water partition coefficient (Wildman–Crippen LogP) is 3.65. The number of hydrogen-bond acceptors (Lipinski definition) is 1. The summed E-state index contributed by atoms with van der Waals surface area (Å²) >= 11 is 0. The van der Waals surface area contributed by atoms with Gasteiger partial charge in [0.25, 0.3) is 0 Å². The molecule has 0 heterocycles. The van der Waals surface area contributed by atoms with Crippen molar-refractivity contribution in [2.24, 2.45) is 16.7 Å². The van der Waals surface area contributed by atoms with E-state index in [0.29, 0.717) is 6.42 Å². The average molecular weight is 222 g/mol. The number of allylic oxidation sites excluding steroid dienone is 3. The van der Waals surface area contributed by atoms with Crippen LogP contribution in [0, 0.1) is 16.7 Å². The molecule has 1 aliphatic rings. The van der Waals surface area contributed by atoms with Crippen LogP contribution in [-0.4, -0.2) is 11.1 Å². The maximum atomic E-state index is 11.6. The van der Waals surface area contributed by atoms with E-state index in [1.165, 1.54) is 0 Å². The summed E-state index contributed by atoms with van der Waals surface area (Å²) in [6.07, 6.45) is 5.69. The molecule has 0 aromatic rings. The van der Waals surface area contributed by atoms with Crippen LogP contribution in [0.15, 0.2) is 24.3 Å². The molecule has 2 nitrogen and oxygen atoms in total. The van der Waals surface area contributed by atoms with Gasteiger partial charge in [0.2, 0.25) is 0 Å². The van der Waals surface area contributed by atoms with Gasteiger partial charge in [0.15, 0.2) is 0 Å². The zero-order chi connectivity index (χ0) is 12.6. The third kappa shape index (κ3) is 1.81. The fraction of sp³-hybridized carbons (Fsp3) is 0.643. The molecule has 1 N–H and O–H groups in total. The molecule has 90 valence electrons. The van der Waals surface area contributed by atoms with Crippen LogP contribution in [0.25, 0.3) is 0 Å². The zero-order valence-corrected chi connectivity index (χ0v) is 10.7. The van der Waals surface area contributed by atoms with E-state index in [1.807, 2.05) is 27.7 Å². The van der Waals surface area contributed by atoms with E-state index in [1.54, 1.807) is 0 Å². The zero-order valence-electron chi connectivity index (χ0n) is 10.7. The van der Waals surface area contributed by atoms with Gasteiger partial charge in [-0.05, 0) is 32.6 Å². The highest BCUT2D eigenvalue weighted by atomic mass is 16.4. The third-order valence-electron chi connectivity index (χ3n) is 4.42. The van der Waals surface area contributed by atoms with Crippen molar-refractivity contribution in [2.75, 3.05) is 0 Å². The Morgan fingerprint density at radius 3 is 2.50 bits per heavy atom. The normalized spacial score (nSPS) is 38.4. The molecular formula is C14H22O2. The summed E-state index contributed by atoms with van der Waals surface area (Å²) in [5.74, 6) is -0.506. The van der Waals surface area contributed by atoms with Gasteiger partial charge < -0.3 is 5.11 Å². The molecule has 16 heavy (non-hydrogen) atoms. The maximum absolute atomic E-state index is 11.6. The Morgan fingerprint density at radius 1 is 1.56 bits per heavy atom. The van der Waals surface area contributed by atoms with E-state index in [-0.39, 0.29) is 11.3 Å². The fourth-order valence-corrected chi connectivity index (χ4v) is 2.43. The molecule has 0 amide bonds. The summed E-state index contributed by atoms with van der Waals surface area (Å²) in [7, 11) is 0. The van der Waals surface area contributed by atoms with Crippen molar-refractivity contribution < 1.29 is 9.90 Å². The van der Waals surface area contributed by atoms with Gasteiger partial charge in [0.1, 0.15) is 0 Å². The van der Waals surface area contributed by atoms with Crippen molar-refractivity contribution in [1.82, 2.24) is 0 Å². The van der Waals surface area contributed by atoms with E-state index in [0.717, 1.165) is 12.0 Å². The van der Waals surface area contributed by atoms with Crippen LogP contribution in [-0.2, 0) is 4.79 Å². The number of carboxylic acid groups (broad SMARTS) is 1. The van der Waals surface area contributed by atoms with E-state index in [4.69, 9.17) is 0 Å². The quantitative estimate of drug-likeness (QED) is 0.740. The van der Waals surface area contributed by atoms with Gasteiger partial charge in [-0.25, -0.2) is 0 Å². The summed E-state index contributed by atoms with van der Waals surface area (Å²) in [6, 6.07) is 0. The Kier molecular flexibility index (Phi) is 3.32. The summed E-state index contributed by atoms with van der Waals surface area (Å²) in [5.41, 5.74) is 0.0899. The lowest BCUT2D eigenvalue weighted by Crippen LogP contribution is -2.46. The van der Waals surface area contributed by atoms with E-state index >= 15 is 0 Å². The van der Waals surface area contributed by atoms with Gasteiger partial charge in [-0.3, -0.25) is 4.79 Å². The largest absolute Gasteiger partial charge is 0.481 e. The maximum Gasteiger partial charge on any atom is 0.310 e. The first-order valence-electron chi connectivity index (χ1n) is 5.85. The molecule has 0 bridgehead atoms. The molecule has 0 saturated heterocycles. The van der Waals surface area contributed by atoms with Crippen LogP contribution in [0.2, 0.25) is 0 Å². The molecule has 3 atom stereocenters. The van der Waals surface area contributed by atoms with Gasteiger partial charge in [0.05, 0.1) is 5.41 Å². The Bertz CT molecular complexity index is 343. The summed E-state index contributed by atoms with van der Waals surface area (Å²) in [5, 5.41) is 9.50. The molecule has 0 saturated carbocycles. The minimum atomic E-state index is -0.701. The van der Waals surface area contributed by atoms with Crippen molar-refractivity contribution in [3.63, 3.8) is 0 Å². The SMILES string of the molecule is C=C(C)C1C=CC(C)(CC)[C@](C)(C(=O)O)C1. The van der Waals surface area contributed by atoms with Gasteiger partial charge in [0, 0.05) is 5.41 Å². The van der Waals surface area contributed by atoms with Crippen LogP contribution in [0.5, 0.6) is 0 Å². The number of carboxylic acids is 1. The van der Waals surface area contributed by atoms with Crippen LogP contribution < -0.4 is 0 Å². The second-order valence-corrected chi connectivity index (χ2v) is 5.42. The van der Waals surface area contributed by atoms with Crippen LogP contribution in [0.3, 0.4) is 0 Å². The van der Waals surface area contributed by atoms with Crippen molar-refractivity contribution in [3.05, 3.63) is 24.3 Å². The van der Waals surface area contributed by atoms with E-state index in [2.05, 4.69) is 18.7 Å². The van der Waals surface area contributed by atoms with Crippen molar-refractivity contribution in [2.45, 2.75) is 40.5 Å². The molecule has 0 fully saturated rings. The molecule has 0 aliphatic heterocycles. The molecule has 2 heteroatoms. The lowest BCUT2D eigenvalue weighted by Gasteiger charge is -2.46. The molecular weight excluding hydrogens is 200 g/mol. The van der Waals surface area contributed by atoms with E-state index < -0.39 is 11.4 Å². The average Bonchev–Trinajstić information content (AvgIpc) is 2.21. The number of rotatable bonds is 3. The molecule has 1 aliphatic carbocycles. The lowest BCUT2D eigenvalue weighted by atomic mass is 9.57. The molecule has 0 aromatic carbocycles. The highest BCUT2D eigenvalue weighted by Gasteiger charge is 2.50. The first-order valence-corrected chi connectivity index (χ1v) is 5.85. The van der Waals surface area contributed by atoms with Crippen molar-refractivity contribution >= 4 is 5.97 Å². The van der Waals surface area contributed by atoms with Gasteiger partial charge in [-0.15, -0.1) is 0 Å². The van der Waals surface area contributed by atoms with Crippen LogP contribution in [0.4, 0.5) is 0 Å². The number of hydrogen-bond donors (Lipinski definition) is 1. The third-order valence-corrected chi connectivity index (χ3v) is 4.42. The minimum absolute atomic E-state index is 0.195. The number of aliphatic carboxylic acids is 1. The summed E-state index contributed by atoms with van der Waals surface area (Å²) in [4.78, 5) is 11.6. The Balaban J connectivity index is 3.18. The topological polar surface area (TPSA) is 37.3 Å². The van der Waals surface area contributed by atoms with Gasteiger partial charge in [-0.2, -0.15) is 0 Å². The highest BCUT2D eigenvalue weighted by Crippen LogP contribution is 2.51. The van der Waals surface area contributed by atoms with Crippen molar-refractivity contribution in [1.29, 1.82) is 0 Å². The van der Waals surface area contributed by atoms with E-state index in [9.17, 15) is 9.90 Å². The van der Waals surface area contributed by atoms with Gasteiger partial charge in [-0.1, -0.05) is 38.2 Å². The van der Waals surface area contributed by atoms with Crippen LogP contribution >= 0.6 is 0 Å². The minimum Gasteiger partial charge on any atom is -0.481 e. The number of carbonyl (C=O) groups is 1. The second kappa shape index (κ2) is 4.08. The molecule has 0 aromatic heterocycles. The first-order chi connectivity index (χ1) is 7.27. The molecule has 0 spiro atoms. The first kappa shape index (κ1) is 13.0. The molecule has 0 radical (unpaired) electrons. The Hall–Kier alpha value is -1.05. The second-order valence-electron chi connectivity index (χ2n) is 5.42. The summed E-state index contributed by atoms with van der Waals surface area (Å²) in [6.45, 7) is 11.8. The predicted molar refractivity (Wildman–Crippen MR) is 66.2 cm³/mol. The van der Waals surface area contributed by atoms with Gasteiger partial charge >= 0.3 is 5.97 Å². The Labute approximate surface area is 98.1 Å². The highest BCUT2D eigenvalue weighted by molar-refractivity contribution is 5.76.